The lowest BCUT2D eigenvalue weighted by atomic mass is 9.68. The molecule has 0 radical (unpaired) electrons. The fourth-order valence-corrected chi connectivity index (χ4v) is 9.27. The van der Waals surface area contributed by atoms with Crippen LogP contribution in [0.25, 0.3) is 11.0 Å². The first kappa shape index (κ1) is 38.0. The molecule has 3 aromatic heterocycles. The number of hydrogen-bond donors (Lipinski definition) is 5. The van der Waals surface area contributed by atoms with E-state index in [2.05, 4.69) is 15.3 Å². The number of nitrogens with zero attached hydrogens (tertiary/aromatic N) is 2. The monoisotopic (exact) mass is 772 g/mol. The van der Waals surface area contributed by atoms with Crippen LogP contribution >= 0.6 is 0 Å². The summed E-state index contributed by atoms with van der Waals surface area (Å²) in [6, 6.07) is 12.5. The third-order valence-electron chi connectivity index (χ3n) is 12.4. The second kappa shape index (κ2) is 14.9. The van der Waals surface area contributed by atoms with Crippen LogP contribution in [0.5, 0.6) is 17.2 Å². The third kappa shape index (κ3) is 6.65. The van der Waals surface area contributed by atoms with E-state index in [-0.39, 0.29) is 46.5 Å². The number of hydrogen-bond acceptors (Lipinski definition) is 12. The van der Waals surface area contributed by atoms with Gasteiger partial charge in [0.05, 0.1) is 0 Å². The molecule has 5 atom stereocenters. The Bertz CT molecular complexity index is 2480. The Kier molecular flexibility index (Phi) is 9.93. The van der Waals surface area contributed by atoms with Gasteiger partial charge in [-0.15, -0.1) is 0 Å². The largest absolute Gasteiger partial charge is 0.508 e. The molecule has 5 heterocycles. The van der Waals surface area contributed by atoms with Crippen molar-refractivity contribution in [3.05, 3.63) is 121 Å². The number of nitrogens with two attached hydrogens (primary N) is 1. The first-order valence-electron chi connectivity index (χ1n) is 19.7. The van der Waals surface area contributed by atoms with Gasteiger partial charge in [0.2, 0.25) is 0 Å². The maximum atomic E-state index is 14.0. The lowest BCUT2D eigenvalue weighted by molar-refractivity contribution is -0.165. The first-order chi connectivity index (χ1) is 27.4. The number of aromatic nitrogens is 2. The summed E-state index contributed by atoms with van der Waals surface area (Å²) in [4.78, 5) is 37.0. The van der Waals surface area contributed by atoms with Crippen molar-refractivity contribution in [1.29, 1.82) is 0 Å². The molecule has 2 aromatic carbocycles. The Hall–Kier alpha value is -5.88. The van der Waals surface area contributed by atoms with Crippen molar-refractivity contribution in [2.75, 3.05) is 17.6 Å². The Morgan fingerprint density at radius 2 is 1.93 bits per heavy atom. The molecule has 0 fully saturated rings. The number of anilines is 2. The fourth-order valence-electron chi connectivity index (χ4n) is 9.27. The van der Waals surface area contributed by atoms with Crippen molar-refractivity contribution in [2.24, 2.45) is 5.92 Å². The molecule has 6 N–H and O–H groups in total. The SMILES string of the molecule is CC=C(C)C(=O)OC1Cc2c3c(c4oc(CO)cc(=O)c4c2O)C2Cc4cc(O)ccc4CCC(CC(Cc4ccc(NCC)nc4)C1(C)O3)c1c2ccnc1N. The Balaban J connectivity index is 1.48. The molecular weight excluding hydrogens is 725 g/mol. The molecule has 0 saturated heterocycles. The van der Waals surface area contributed by atoms with Crippen LogP contribution in [0, 0.1) is 5.92 Å². The van der Waals surface area contributed by atoms with Crippen LogP contribution in [0.3, 0.4) is 0 Å². The van der Waals surface area contributed by atoms with Crippen LogP contribution < -0.4 is 21.2 Å². The van der Waals surface area contributed by atoms with Gasteiger partial charge < -0.3 is 40.3 Å². The number of carbonyl (C=O) groups excluding carboxylic acids is 1. The van der Waals surface area contributed by atoms with Crippen molar-refractivity contribution >= 4 is 28.6 Å². The number of fused-ring (bicyclic) bond motifs is 5. The summed E-state index contributed by atoms with van der Waals surface area (Å²) in [6.07, 6.45) is 7.08. The van der Waals surface area contributed by atoms with E-state index in [4.69, 9.17) is 19.6 Å². The number of phenolic OH excluding ortho intramolecular Hbond substituents is 2. The van der Waals surface area contributed by atoms with Crippen LogP contribution in [0.2, 0.25) is 0 Å². The number of phenols is 2. The van der Waals surface area contributed by atoms with Gasteiger partial charge in [0, 0.05) is 65.5 Å². The second-order valence-corrected chi connectivity index (χ2v) is 15.7. The third-order valence-corrected chi connectivity index (χ3v) is 12.4. The number of nitrogen functional groups attached to an aromatic ring is 1. The van der Waals surface area contributed by atoms with Crippen LogP contribution in [-0.2, 0) is 41.8 Å². The van der Waals surface area contributed by atoms with E-state index in [9.17, 15) is 24.9 Å². The van der Waals surface area contributed by atoms with Gasteiger partial charge in [-0.3, -0.25) is 4.79 Å². The van der Waals surface area contributed by atoms with Crippen molar-refractivity contribution in [3.8, 4) is 17.2 Å². The number of ether oxygens (including phenoxy) is 2. The highest BCUT2D eigenvalue weighted by molar-refractivity contribution is 5.92. The van der Waals surface area contributed by atoms with Gasteiger partial charge in [-0.25, -0.2) is 14.8 Å². The first-order valence-corrected chi connectivity index (χ1v) is 19.7. The van der Waals surface area contributed by atoms with Crippen LogP contribution in [0.15, 0.2) is 75.7 Å². The molecule has 1 aliphatic carbocycles. The minimum atomic E-state index is -1.21. The highest BCUT2D eigenvalue weighted by Crippen LogP contribution is 2.56. The second-order valence-electron chi connectivity index (χ2n) is 15.7. The standard InChI is InChI=1S/C45H48N4O8/c1-5-23(3)44(54)56-35-20-33-40(53)39-34(52)19-30(22-50)55-42(39)38-32-18-27-17-29(51)11-10-25(27)8-9-26(37-31(32)13-14-48-43(37)46)16-28(45(35,4)57-41(33)38)15-24-7-12-36(47-6-2)49-21-24/h5,7,10-14,17,19,21,26,28,32,35,50-51,53H,6,8-9,15-16,18,20,22H2,1-4H3,(H2,46,48)(H,47,49). The number of aryl methyl sites for hydroxylation is 1. The van der Waals surface area contributed by atoms with Crippen LogP contribution in [-0.4, -0.2) is 49.5 Å². The molecule has 57 heavy (non-hydrogen) atoms. The van der Waals surface area contributed by atoms with E-state index < -0.39 is 35.6 Å². The Labute approximate surface area is 330 Å². The quantitative estimate of drug-likeness (QED) is 0.0867. The molecular formula is C45H48N4O8. The smallest absolute Gasteiger partial charge is 0.333 e. The summed E-state index contributed by atoms with van der Waals surface area (Å²) >= 11 is 0. The number of aliphatic hydroxyl groups excluding tert-OH is 1. The van der Waals surface area contributed by atoms with E-state index in [1.54, 1.807) is 38.3 Å². The Morgan fingerprint density at radius 3 is 2.67 bits per heavy atom. The highest BCUT2D eigenvalue weighted by atomic mass is 16.6. The van der Waals surface area contributed by atoms with Gasteiger partial charge in [-0.1, -0.05) is 18.2 Å². The molecule has 2 aliphatic heterocycles. The molecule has 0 spiro atoms. The summed E-state index contributed by atoms with van der Waals surface area (Å²) in [7, 11) is 0. The predicted octanol–water partition coefficient (Wildman–Crippen LogP) is 6.74. The average Bonchev–Trinajstić information content (AvgIpc) is 3.25. The summed E-state index contributed by atoms with van der Waals surface area (Å²) < 4.78 is 20.2. The number of esters is 1. The molecule has 4 bridgehead atoms. The number of carbonyl (C=O) groups is 1. The summed E-state index contributed by atoms with van der Waals surface area (Å²) in [6.45, 7) is 7.61. The summed E-state index contributed by atoms with van der Waals surface area (Å²) in [5, 5.41) is 36.4. The molecule has 8 rings (SSSR count). The van der Waals surface area contributed by atoms with Crippen molar-refractivity contribution < 1.29 is 34.0 Å². The molecule has 5 unspecified atom stereocenters. The van der Waals surface area contributed by atoms with Gasteiger partial charge in [0.1, 0.15) is 63.9 Å². The van der Waals surface area contributed by atoms with Crippen molar-refractivity contribution in [2.45, 2.75) is 96.4 Å². The molecule has 296 valence electrons. The van der Waals surface area contributed by atoms with Gasteiger partial charge in [0.15, 0.2) is 5.43 Å². The number of aliphatic hydroxyl groups is 1. The summed E-state index contributed by atoms with van der Waals surface area (Å²) in [5.41, 5.74) is 11.1. The number of rotatable bonds is 7. The highest BCUT2D eigenvalue weighted by Gasteiger charge is 2.53. The minimum Gasteiger partial charge on any atom is -0.508 e. The molecule has 0 amide bonds. The normalized spacial score (nSPS) is 22.6. The topological polar surface area (TPSA) is 190 Å². The van der Waals surface area contributed by atoms with E-state index >= 15 is 0 Å². The van der Waals surface area contributed by atoms with E-state index in [1.165, 1.54) is 6.07 Å². The zero-order chi connectivity index (χ0) is 40.2. The van der Waals surface area contributed by atoms with E-state index in [1.807, 2.05) is 44.3 Å². The molecule has 12 nitrogen and oxygen atoms in total. The van der Waals surface area contributed by atoms with Gasteiger partial charge in [0.25, 0.3) is 0 Å². The number of allylic oxidation sites excluding steroid dienone is 1. The maximum absolute atomic E-state index is 14.0. The molecule has 5 aromatic rings. The predicted molar refractivity (Wildman–Crippen MR) is 216 cm³/mol. The average molecular weight is 773 g/mol. The maximum Gasteiger partial charge on any atom is 0.333 e. The summed E-state index contributed by atoms with van der Waals surface area (Å²) in [5.74, 6) is -0.367. The van der Waals surface area contributed by atoms with Gasteiger partial charge >= 0.3 is 5.97 Å². The zero-order valence-electron chi connectivity index (χ0n) is 32.6. The number of nitrogens with one attached hydrogen (secondary N) is 1. The van der Waals surface area contributed by atoms with E-state index in [0.717, 1.165) is 40.2 Å². The zero-order valence-corrected chi connectivity index (χ0v) is 32.6. The lowest BCUT2D eigenvalue weighted by Crippen LogP contribution is -2.57. The lowest BCUT2D eigenvalue weighted by Gasteiger charge is -2.49. The van der Waals surface area contributed by atoms with Crippen molar-refractivity contribution in [1.82, 2.24) is 9.97 Å². The van der Waals surface area contributed by atoms with E-state index in [0.29, 0.717) is 60.4 Å². The van der Waals surface area contributed by atoms with Crippen LogP contribution in [0.1, 0.15) is 97.1 Å². The minimum absolute atomic E-state index is 0.0206. The van der Waals surface area contributed by atoms with Crippen molar-refractivity contribution in [3.63, 3.8) is 0 Å². The fraction of sp³-hybridized carbons (Fsp3) is 0.378. The molecule has 0 saturated carbocycles. The van der Waals surface area contributed by atoms with Gasteiger partial charge in [-0.05, 0) is 112 Å². The van der Waals surface area contributed by atoms with Crippen LogP contribution in [0.4, 0.5) is 11.6 Å². The Morgan fingerprint density at radius 1 is 1.11 bits per heavy atom. The molecule has 12 heteroatoms. The molecule has 3 aliphatic rings. The number of pyridine rings is 2. The number of aromatic hydroxyl groups is 2. The van der Waals surface area contributed by atoms with Gasteiger partial charge in [-0.2, -0.15) is 0 Å². The number of benzene rings is 2.